The van der Waals surface area contributed by atoms with Gasteiger partial charge in [0, 0.05) is 39.4 Å². The molecule has 2 amide bonds. The van der Waals surface area contributed by atoms with Crippen LogP contribution in [-0.4, -0.2) is 52.1 Å². The number of hydrogen-bond donors (Lipinski definition) is 1. The smallest absolute Gasteiger partial charge is 0.411 e. The zero-order valence-electron chi connectivity index (χ0n) is 21.4. The molecule has 0 saturated carbocycles. The molecule has 4 rings (SSSR count). The van der Waals surface area contributed by atoms with E-state index < -0.39 is 11.2 Å². The number of carbonyl (C=O) groups is 2. The van der Waals surface area contributed by atoms with Gasteiger partial charge in [-0.25, -0.2) is 4.79 Å². The number of amides is 2. The summed E-state index contributed by atoms with van der Waals surface area (Å²) < 4.78 is 6.13. The van der Waals surface area contributed by atoms with Crippen molar-refractivity contribution in [2.45, 2.75) is 76.5 Å². The van der Waals surface area contributed by atoms with E-state index in [1.165, 1.54) is 5.56 Å². The molecule has 0 bridgehead atoms. The van der Waals surface area contributed by atoms with Crippen molar-refractivity contribution < 1.29 is 19.4 Å². The van der Waals surface area contributed by atoms with E-state index in [0.29, 0.717) is 25.3 Å². The third kappa shape index (κ3) is 5.69. The van der Waals surface area contributed by atoms with E-state index in [1.54, 1.807) is 25.7 Å². The lowest BCUT2D eigenvalue weighted by Crippen LogP contribution is -2.51. The minimum absolute atomic E-state index is 0.118. The maximum Gasteiger partial charge on any atom is 0.411 e. The highest BCUT2D eigenvalue weighted by Gasteiger charge is 2.46. The average Bonchev–Trinajstić information content (AvgIpc) is 2.83. The Labute approximate surface area is 208 Å². The highest BCUT2D eigenvalue weighted by Crippen LogP contribution is 2.42. The monoisotopic (exact) mass is 478 g/mol. The number of hydrogen-bond acceptors (Lipinski definition) is 4. The molecule has 0 aliphatic carbocycles. The minimum atomic E-state index is -0.972. The van der Waals surface area contributed by atoms with Crippen LogP contribution in [0, 0.1) is 0 Å². The molecule has 2 atom stereocenters. The summed E-state index contributed by atoms with van der Waals surface area (Å²) in [6, 6.07) is 18.2. The number of rotatable bonds is 6. The van der Waals surface area contributed by atoms with Gasteiger partial charge in [0.1, 0.15) is 5.60 Å². The summed E-state index contributed by atoms with van der Waals surface area (Å²) in [6.07, 6.45) is 2.57. The molecule has 0 aromatic heterocycles. The first-order chi connectivity index (χ1) is 16.6. The number of cyclic esters (lactones) is 1. The van der Waals surface area contributed by atoms with Gasteiger partial charge in [0.15, 0.2) is 0 Å². The number of piperidine rings is 1. The molecule has 2 aliphatic rings. The topological polar surface area (TPSA) is 70.1 Å². The highest BCUT2D eigenvalue weighted by molar-refractivity contribution is 5.73. The number of aliphatic hydroxyl groups is 1. The summed E-state index contributed by atoms with van der Waals surface area (Å²) in [5.74, 6) is 0.614. The molecule has 2 fully saturated rings. The predicted octanol–water partition coefficient (Wildman–Crippen LogP) is 5.37. The fraction of sp³-hybridized carbons (Fsp3) is 0.517. The molecule has 0 radical (unpaired) electrons. The Bertz CT molecular complexity index is 1020. The molecule has 188 valence electrons. The summed E-state index contributed by atoms with van der Waals surface area (Å²) in [7, 11) is 0. The Morgan fingerprint density at radius 3 is 2.26 bits per heavy atom. The van der Waals surface area contributed by atoms with Crippen molar-refractivity contribution in [3.8, 4) is 0 Å². The third-order valence-electron chi connectivity index (χ3n) is 7.59. The van der Waals surface area contributed by atoms with E-state index in [1.807, 2.05) is 42.2 Å². The maximum absolute atomic E-state index is 13.3. The summed E-state index contributed by atoms with van der Waals surface area (Å²) in [5.41, 5.74) is 1.47. The highest BCUT2D eigenvalue weighted by atomic mass is 16.6. The second-order valence-electron chi connectivity index (χ2n) is 10.8. The van der Waals surface area contributed by atoms with Crippen molar-refractivity contribution in [3.63, 3.8) is 0 Å². The first-order valence-corrected chi connectivity index (χ1v) is 12.7. The van der Waals surface area contributed by atoms with Crippen LogP contribution in [0.25, 0.3) is 0 Å². The van der Waals surface area contributed by atoms with Gasteiger partial charge in [-0.3, -0.25) is 4.79 Å². The molecule has 6 nitrogen and oxygen atoms in total. The molecule has 2 saturated heterocycles. The van der Waals surface area contributed by atoms with Crippen molar-refractivity contribution in [2.75, 3.05) is 19.6 Å². The number of likely N-dealkylation sites (tertiary alicyclic amines) is 1. The van der Waals surface area contributed by atoms with Crippen molar-refractivity contribution in [1.29, 1.82) is 0 Å². The Hall–Kier alpha value is -2.86. The van der Waals surface area contributed by atoms with Crippen LogP contribution in [0.15, 0.2) is 54.6 Å². The first-order valence-electron chi connectivity index (χ1n) is 12.7. The number of carbonyl (C=O) groups excluding carboxylic acids is 2. The van der Waals surface area contributed by atoms with Gasteiger partial charge in [-0.15, -0.1) is 0 Å². The molecule has 2 aromatic carbocycles. The van der Waals surface area contributed by atoms with Crippen LogP contribution in [0.2, 0.25) is 0 Å². The van der Waals surface area contributed by atoms with E-state index in [9.17, 15) is 14.7 Å². The van der Waals surface area contributed by atoms with Crippen molar-refractivity contribution >= 4 is 12.0 Å². The molecular formula is C29H38N2O4. The second kappa shape index (κ2) is 10.0. The summed E-state index contributed by atoms with van der Waals surface area (Å²) >= 11 is 0. The first kappa shape index (κ1) is 25.2. The standard InChI is InChI=1S/C29H38N2O4/c1-21(23-10-12-24(13-11-23)25-14-17-30(18-15-25)22(2)32)31-19-16-29(35-27(31)33,20-28(3,4)34)26-8-6-5-7-9-26/h5-13,21,25,34H,14-20H2,1-4H3/t21?,29-/m0/s1. The van der Waals surface area contributed by atoms with E-state index in [0.717, 1.165) is 37.1 Å². The van der Waals surface area contributed by atoms with Gasteiger partial charge < -0.3 is 19.6 Å². The van der Waals surface area contributed by atoms with Gasteiger partial charge >= 0.3 is 6.09 Å². The quantitative estimate of drug-likeness (QED) is 0.606. The van der Waals surface area contributed by atoms with Crippen LogP contribution in [0.3, 0.4) is 0 Å². The van der Waals surface area contributed by atoms with E-state index in [2.05, 4.69) is 24.3 Å². The molecule has 0 spiro atoms. The zero-order valence-corrected chi connectivity index (χ0v) is 21.4. The van der Waals surface area contributed by atoms with Gasteiger partial charge in [0.25, 0.3) is 0 Å². The van der Waals surface area contributed by atoms with Gasteiger partial charge in [-0.05, 0) is 56.2 Å². The van der Waals surface area contributed by atoms with Crippen molar-refractivity contribution in [3.05, 3.63) is 71.3 Å². The largest absolute Gasteiger partial charge is 0.438 e. The van der Waals surface area contributed by atoms with E-state index in [-0.39, 0.29) is 18.0 Å². The lowest BCUT2D eigenvalue weighted by atomic mass is 9.80. The molecule has 6 heteroatoms. The minimum Gasteiger partial charge on any atom is -0.438 e. The number of nitrogens with zero attached hydrogens (tertiary/aromatic N) is 2. The molecule has 35 heavy (non-hydrogen) atoms. The Morgan fingerprint density at radius 1 is 1.09 bits per heavy atom. The Balaban J connectivity index is 1.45. The SMILES string of the molecule is CC(=O)N1CCC(c2ccc(C(C)N3CC[C@](CC(C)(C)O)(c4ccccc4)OC3=O)cc2)CC1. The predicted molar refractivity (Wildman–Crippen MR) is 136 cm³/mol. The lowest BCUT2D eigenvalue weighted by Gasteiger charge is -2.45. The Morgan fingerprint density at radius 2 is 1.71 bits per heavy atom. The summed E-state index contributed by atoms with van der Waals surface area (Å²) in [4.78, 5) is 28.6. The Kier molecular flexibility index (Phi) is 7.22. The maximum atomic E-state index is 13.3. The van der Waals surface area contributed by atoms with E-state index >= 15 is 0 Å². The van der Waals surface area contributed by atoms with Gasteiger partial charge in [-0.1, -0.05) is 54.6 Å². The van der Waals surface area contributed by atoms with Crippen LogP contribution in [0.4, 0.5) is 4.79 Å². The number of benzene rings is 2. The normalized spacial score (nSPS) is 22.6. The molecule has 2 heterocycles. The summed E-state index contributed by atoms with van der Waals surface area (Å²) in [6.45, 7) is 9.36. The molecule has 2 aliphatic heterocycles. The fourth-order valence-electron chi connectivity index (χ4n) is 5.65. The van der Waals surface area contributed by atoms with Crippen LogP contribution >= 0.6 is 0 Å². The lowest BCUT2D eigenvalue weighted by molar-refractivity contribution is -0.129. The van der Waals surface area contributed by atoms with Crippen LogP contribution in [0.1, 0.15) is 82.0 Å². The van der Waals surface area contributed by atoms with Crippen molar-refractivity contribution in [2.24, 2.45) is 0 Å². The van der Waals surface area contributed by atoms with Gasteiger partial charge in [-0.2, -0.15) is 0 Å². The van der Waals surface area contributed by atoms with Gasteiger partial charge in [0.2, 0.25) is 5.91 Å². The zero-order chi connectivity index (χ0) is 25.2. The third-order valence-corrected chi connectivity index (χ3v) is 7.59. The molecule has 1 N–H and O–H groups in total. The van der Waals surface area contributed by atoms with Crippen LogP contribution in [-0.2, 0) is 15.1 Å². The molecule has 2 aromatic rings. The van der Waals surface area contributed by atoms with Crippen LogP contribution < -0.4 is 0 Å². The van der Waals surface area contributed by atoms with E-state index in [4.69, 9.17) is 4.74 Å². The second-order valence-corrected chi connectivity index (χ2v) is 10.8. The molecular weight excluding hydrogens is 440 g/mol. The molecule has 1 unspecified atom stereocenters. The average molecular weight is 479 g/mol. The fourth-order valence-corrected chi connectivity index (χ4v) is 5.65. The summed E-state index contributed by atoms with van der Waals surface area (Å²) in [5, 5.41) is 10.6. The number of ether oxygens (including phenoxy) is 1. The van der Waals surface area contributed by atoms with Gasteiger partial charge in [0.05, 0.1) is 11.6 Å². The van der Waals surface area contributed by atoms with Crippen LogP contribution in [0.5, 0.6) is 0 Å². The van der Waals surface area contributed by atoms with Crippen molar-refractivity contribution in [1.82, 2.24) is 9.80 Å².